The van der Waals surface area contributed by atoms with Gasteiger partial charge in [0, 0.05) is 27.7 Å². The lowest BCUT2D eigenvalue weighted by atomic mass is 9.91. The van der Waals surface area contributed by atoms with Gasteiger partial charge in [-0.15, -0.1) is 0 Å². The Morgan fingerprint density at radius 2 is 0.800 bits per heavy atom. The van der Waals surface area contributed by atoms with Crippen LogP contribution >= 0.6 is 0 Å². The van der Waals surface area contributed by atoms with Crippen molar-refractivity contribution in [2.45, 2.75) is 65.5 Å². The maximum Gasteiger partial charge on any atom is 0.300 e. The third-order valence-corrected chi connectivity index (χ3v) is 1.78. The fourth-order valence-corrected chi connectivity index (χ4v) is 1.21. The normalized spacial score (nSPS) is 12.9. The van der Waals surface area contributed by atoms with Crippen LogP contribution in [0.2, 0.25) is 0 Å². The Labute approximate surface area is 146 Å². The van der Waals surface area contributed by atoms with E-state index in [4.69, 9.17) is 51.1 Å². The van der Waals surface area contributed by atoms with Gasteiger partial charge in [0.1, 0.15) is 0 Å². The molecule has 0 heterocycles. The van der Waals surface area contributed by atoms with Crippen LogP contribution < -0.4 is 11.5 Å². The molecule has 1 fully saturated rings. The van der Waals surface area contributed by atoms with Gasteiger partial charge >= 0.3 is 0 Å². The number of carboxylic acid groups (broad SMARTS) is 4. The Morgan fingerprint density at radius 1 is 0.640 bits per heavy atom. The molecule has 25 heavy (non-hydrogen) atoms. The summed E-state index contributed by atoms with van der Waals surface area (Å²) in [5.74, 6) is -3.33. The lowest BCUT2D eigenvalue weighted by molar-refractivity contribution is -0.135. The second kappa shape index (κ2) is 21.8. The van der Waals surface area contributed by atoms with E-state index in [9.17, 15) is 0 Å². The highest BCUT2D eigenvalue weighted by molar-refractivity contribution is 5.63. The summed E-state index contributed by atoms with van der Waals surface area (Å²) in [6.45, 7) is 4.33. The van der Waals surface area contributed by atoms with Gasteiger partial charge in [0.05, 0.1) is 5.66 Å². The first-order chi connectivity index (χ1) is 10.6. The van der Waals surface area contributed by atoms with Crippen molar-refractivity contribution in [2.75, 3.05) is 0 Å². The van der Waals surface area contributed by atoms with E-state index in [1.807, 2.05) is 0 Å². The van der Waals surface area contributed by atoms with Crippen LogP contribution in [0.1, 0.15) is 59.8 Å². The third kappa shape index (κ3) is 141. The minimum Gasteiger partial charge on any atom is -0.481 e. The molecule has 1 aliphatic carbocycles. The molecule has 0 aromatic rings. The van der Waals surface area contributed by atoms with Gasteiger partial charge in [-0.3, -0.25) is 19.2 Å². The van der Waals surface area contributed by atoms with Crippen molar-refractivity contribution in [2.24, 2.45) is 11.5 Å². The zero-order valence-corrected chi connectivity index (χ0v) is 15.1. The SMILES string of the molecule is CC(=O)O.CC(=O)O.CC(=O)O.CC(=O)O.NC1(N)CCCCC1.O. The fourth-order valence-electron chi connectivity index (χ4n) is 1.21. The van der Waals surface area contributed by atoms with Gasteiger partial charge in [0.15, 0.2) is 0 Å². The summed E-state index contributed by atoms with van der Waals surface area (Å²) in [4.78, 5) is 36.0. The molecule has 152 valence electrons. The molecule has 1 saturated carbocycles. The molecule has 11 heteroatoms. The van der Waals surface area contributed by atoms with E-state index < -0.39 is 23.9 Å². The molecule has 0 unspecified atom stereocenters. The standard InChI is InChI=1S/C6H14N2.4C2H4O2.H2O/c7-6(8)4-2-1-3-5-6;4*1-2(3)4;/h1-5,7-8H2;4*1H3,(H,3,4);1H2. The minimum atomic E-state index is -0.833. The van der Waals surface area contributed by atoms with Gasteiger partial charge in [0.25, 0.3) is 23.9 Å². The van der Waals surface area contributed by atoms with E-state index >= 15 is 0 Å². The molecule has 10 N–H and O–H groups in total. The molecule has 0 aliphatic heterocycles. The van der Waals surface area contributed by atoms with Crippen molar-refractivity contribution in [3.05, 3.63) is 0 Å². The minimum absolute atomic E-state index is 0. The summed E-state index contributed by atoms with van der Waals surface area (Å²) >= 11 is 0. The largest absolute Gasteiger partial charge is 0.481 e. The van der Waals surface area contributed by atoms with Gasteiger partial charge in [-0.2, -0.15) is 0 Å². The topological polar surface area (TPSA) is 233 Å². The maximum absolute atomic E-state index is 9.00. The molecular formula is C14H32N2O9. The monoisotopic (exact) mass is 372 g/mol. The van der Waals surface area contributed by atoms with Gasteiger partial charge in [-0.05, 0) is 12.8 Å². The number of aliphatic carboxylic acids is 4. The van der Waals surface area contributed by atoms with Crippen molar-refractivity contribution >= 4 is 23.9 Å². The molecule has 0 radical (unpaired) electrons. The van der Waals surface area contributed by atoms with E-state index in [1.54, 1.807) is 0 Å². The fraction of sp³-hybridized carbons (Fsp3) is 0.714. The predicted molar refractivity (Wildman–Crippen MR) is 91.0 cm³/mol. The highest BCUT2D eigenvalue weighted by Gasteiger charge is 2.21. The first-order valence-electron chi connectivity index (χ1n) is 7.00. The summed E-state index contributed by atoms with van der Waals surface area (Å²) in [6, 6.07) is 0. The van der Waals surface area contributed by atoms with Crippen LogP contribution in [0.3, 0.4) is 0 Å². The van der Waals surface area contributed by atoms with E-state index in [-0.39, 0.29) is 11.1 Å². The van der Waals surface area contributed by atoms with Crippen LogP contribution in [0.5, 0.6) is 0 Å². The number of hydrogen-bond acceptors (Lipinski definition) is 6. The van der Waals surface area contributed by atoms with Crippen LogP contribution in [0.15, 0.2) is 0 Å². The Bertz CT molecular complexity index is 299. The molecule has 0 saturated heterocycles. The quantitative estimate of drug-likeness (QED) is 0.314. The van der Waals surface area contributed by atoms with Gasteiger partial charge in [-0.1, -0.05) is 19.3 Å². The van der Waals surface area contributed by atoms with Crippen molar-refractivity contribution < 1.29 is 45.1 Å². The number of carbonyl (C=O) groups is 4. The van der Waals surface area contributed by atoms with E-state index in [1.165, 1.54) is 19.3 Å². The van der Waals surface area contributed by atoms with Crippen LogP contribution in [0.25, 0.3) is 0 Å². The first kappa shape index (κ1) is 34.2. The molecule has 0 spiro atoms. The average Bonchev–Trinajstić information content (AvgIpc) is 2.24. The average molecular weight is 372 g/mol. The molecule has 0 amide bonds. The molecule has 1 aliphatic rings. The highest BCUT2D eigenvalue weighted by Crippen LogP contribution is 2.20. The maximum atomic E-state index is 9.00. The number of rotatable bonds is 0. The lowest BCUT2D eigenvalue weighted by Gasteiger charge is -2.28. The molecule has 0 atom stereocenters. The van der Waals surface area contributed by atoms with E-state index in [2.05, 4.69) is 0 Å². The van der Waals surface area contributed by atoms with E-state index in [0.717, 1.165) is 40.5 Å². The molecule has 0 bridgehead atoms. The summed E-state index contributed by atoms with van der Waals surface area (Å²) in [5, 5.41) is 29.7. The number of carboxylic acids is 4. The van der Waals surface area contributed by atoms with Crippen molar-refractivity contribution in [1.29, 1.82) is 0 Å². The Morgan fingerprint density at radius 3 is 0.880 bits per heavy atom. The summed E-state index contributed by atoms with van der Waals surface area (Å²) in [6.07, 6.45) is 5.76. The van der Waals surface area contributed by atoms with Crippen molar-refractivity contribution in [3.8, 4) is 0 Å². The summed E-state index contributed by atoms with van der Waals surface area (Å²) < 4.78 is 0. The van der Waals surface area contributed by atoms with Gasteiger partial charge in [0.2, 0.25) is 0 Å². The molecular weight excluding hydrogens is 340 g/mol. The summed E-state index contributed by atoms with van der Waals surface area (Å²) in [7, 11) is 0. The zero-order chi connectivity index (χ0) is 20.3. The van der Waals surface area contributed by atoms with Crippen LogP contribution in [-0.2, 0) is 19.2 Å². The second-order valence-corrected chi connectivity index (χ2v) is 4.87. The lowest BCUT2D eigenvalue weighted by Crippen LogP contribution is -2.50. The van der Waals surface area contributed by atoms with Crippen molar-refractivity contribution in [3.63, 3.8) is 0 Å². The van der Waals surface area contributed by atoms with Crippen LogP contribution in [0.4, 0.5) is 0 Å². The van der Waals surface area contributed by atoms with Crippen LogP contribution in [0, 0.1) is 0 Å². The number of hydrogen-bond donors (Lipinski definition) is 6. The van der Waals surface area contributed by atoms with Crippen LogP contribution in [-0.4, -0.2) is 55.4 Å². The Kier molecular flexibility index (Phi) is 29.7. The van der Waals surface area contributed by atoms with Crippen molar-refractivity contribution in [1.82, 2.24) is 0 Å². The summed E-state index contributed by atoms with van der Waals surface area (Å²) in [5.41, 5.74) is 11.0. The second-order valence-electron chi connectivity index (χ2n) is 4.87. The molecule has 11 nitrogen and oxygen atoms in total. The smallest absolute Gasteiger partial charge is 0.300 e. The Hall–Kier alpha value is -2.24. The van der Waals surface area contributed by atoms with E-state index in [0.29, 0.717) is 0 Å². The number of nitrogens with two attached hydrogens (primary N) is 2. The molecule has 0 aromatic heterocycles. The first-order valence-corrected chi connectivity index (χ1v) is 7.00. The highest BCUT2D eigenvalue weighted by atomic mass is 16.4. The molecule has 0 aromatic carbocycles. The predicted octanol–water partition coefficient (Wildman–Crippen LogP) is 0.103. The third-order valence-electron chi connectivity index (χ3n) is 1.78. The molecule has 1 rings (SSSR count). The Balaban J connectivity index is -0.0000000695. The van der Waals surface area contributed by atoms with Gasteiger partial charge in [-0.25, -0.2) is 0 Å². The zero-order valence-electron chi connectivity index (χ0n) is 15.1. The van der Waals surface area contributed by atoms with Gasteiger partial charge < -0.3 is 37.4 Å².